The van der Waals surface area contributed by atoms with Gasteiger partial charge in [0.15, 0.2) is 0 Å². The van der Waals surface area contributed by atoms with E-state index in [1.54, 1.807) is 37.3 Å². The lowest BCUT2D eigenvalue weighted by Gasteiger charge is -2.30. The molecule has 1 amide bonds. The van der Waals surface area contributed by atoms with Crippen LogP contribution in [0.1, 0.15) is 23.7 Å². The summed E-state index contributed by atoms with van der Waals surface area (Å²) in [5.74, 6) is -1.56. The SMILES string of the molecule is CC[C@@H](C(=O)Nc1ccc(C(=O)O)cc1)N(c1ccccc1)S(C)(=O)=O. The van der Waals surface area contributed by atoms with Crippen LogP contribution >= 0.6 is 0 Å². The van der Waals surface area contributed by atoms with Gasteiger partial charge in [0.05, 0.1) is 17.5 Å². The van der Waals surface area contributed by atoms with Gasteiger partial charge in [0.25, 0.3) is 0 Å². The van der Waals surface area contributed by atoms with Crippen LogP contribution in [0.4, 0.5) is 11.4 Å². The van der Waals surface area contributed by atoms with Crippen LogP contribution in [0.2, 0.25) is 0 Å². The number of para-hydroxylation sites is 1. The summed E-state index contributed by atoms with van der Waals surface area (Å²) in [7, 11) is -3.69. The van der Waals surface area contributed by atoms with Gasteiger partial charge in [0.2, 0.25) is 15.9 Å². The van der Waals surface area contributed by atoms with Crippen molar-refractivity contribution in [1.29, 1.82) is 0 Å². The number of nitrogens with zero attached hydrogens (tertiary/aromatic N) is 1. The van der Waals surface area contributed by atoms with Crippen LogP contribution in [0.15, 0.2) is 54.6 Å². The van der Waals surface area contributed by atoms with Crippen LogP contribution in [0.3, 0.4) is 0 Å². The first-order valence-corrected chi connectivity index (χ1v) is 9.77. The zero-order chi connectivity index (χ0) is 19.3. The van der Waals surface area contributed by atoms with Crippen molar-refractivity contribution in [3.8, 4) is 0 Å². The average Bonchev–Trinajstić information content (AvgIpc) is 2.59. The van der Waals surface area contributed by atoms with E-state index >= 15 is 0 Å². The molecule has 0 fully saturated rings. The number of carboxylic acids is 1. The first-order chi connectivity index (χ1) is 12.2. The Morgan fingerprint density at radius 3 is 2.12 bits per heavy atom. The lowest BCUT2D eigenvalue weighted by atomic mass is 10.1. The summed E-state index contributed by atoms with van der Waals surface area (Å²) in [6.45, 7) is 1.72. The summed E-state index contributed by atoms with van der Waals surface area (Å²) in [5, 5.41) is 11.6. The molecule has 0 aliphatic carbocycles. The molecule has 0 aliphatic heterocycles. The van der Waals surface area contributed by atoms with E-state index in [4.69, 9.17) is 5.11 Å². The number of rotatable bonds is 7. The molecule has 2 aromatic rings. The van der Waals surface area contributed by atoms with Crippen LogP contribution in [0, 0.1) is 0 Å². The second-order valence-corrected chi connectivity index (χ2v) is 7.55. The Labute approximate surface area is 152 Å². The largest absolute Gasteiger partial charge is 0.478 e. The van der Waals surface area contributed by atoms with Crippen molar-refractivity contribution in [2.24, 2.45) is 0 Å². The van der Waals surface area contributed by atoms with Crippen LogP contribution < -0.4 is 9.62 Å². The highest BCUT2D eigenvalue weighted by Crippen LogP contribution is 2.23. The van der Waals surface area contributed by atoms with Gasteiger partial charge in [-0.3, -0.25) is 9.10 Å². The van der Waals surface area contributed by atoms with Gasteiger partial charge >= 0.3 is 5.97 Å². The fraction of sp³-hybridized carbons (Fsp3) is 0.222. The Morgan fingerprint density at radius 2 is 1.65 bits per heavy atom. The molecule has 138 valence electrons. The lowest BCUT2D eigenvalue weighted by molar-refractivity contribution is -0.117. The molecule has 0 radical (unpaired) electrons. The average molecular weight is 376 g/mol. The molecule has 1 atom stereocenters. The van der Waals surface area contributed by atoms with E-state index in [-0.39, 0.29) is 12.0 Å². The smallest absolute Gasteiger partial charge is 0.335 e. The van der Waals surface area contributed by atoms with E-state index in [9.17, 15) is 18.0 Å². The van der Waals surface area contributed by atoms with Crippen LogP contribution in [0.5, 0.6) is 0 Å². The minimum absolute atomic E-state index is 0.0945. The van der Waals surface area contributed by atoms with E-state index in [1.807, 2.05) is 0 Å². The minimum Gasteiger partial charge on any atom is -0.478 e. The minimum atomic E-state index is -3.69. The number of anilines is 2. The number of carbonyl (C=O) groups is 2. The predicted octanol–water partition coefficient (Wildman–Crippen LogP) is 2.57. The molecule has 0 aliphatic rings. The molecule has 7 nitrogen and oxygen atoms in total. The lowest BCUT2D eigenvalue weighted by Crippen LogP contribution is -2.46. The van der Waals surface area contributed by atoms with Gasteiger partial charge in [-0.15, -0.1) is 0 Å². The summed E-state index contributed by atoms with van der Waals surface area (Å²) < 4.78 is 25.7. The molecule has 0 saturated heterocycles. The standard InChI is InChI=1S/C18H20N2O5S/c1-3-16(20(26(2,24)25)15-7-5-4-6-8-15)17(21)19-14-11-9-13(10-12-14)18(22)23/h4-12,16H,3H2,1-2H3,(H,19,21)(H,22,23)/t16-/m0/s1. The van der Waals surface area contributed by atoms with Crippen LogP contribution in [0.25, 0.3) is 0 Å². The van der Waals surface area contributed by atoms with Gasteiger partial charge in [-0.05, 0) is 42.8 Å². The van der Waals surface area contributed by atoms with Crippen molar-refractivity contribution in [1.82, 2.24) is 0 Å². The molecule has 0 aromatic heterocycles. The third kappa shape index (κ3) is 4.60. The molecule has 0 unspecified atom stereocenters. The maximum Gasteiger partial charge on any atom is 0.335 e. The number of nitrogens with one attached hydrogen (secondary N) is 1. The summed E-state index contributed by atoms with van der Waals surface area (Å²) in [5.41, 5.74) is 0.885. The number of sulfonamides is 1. The second-order valence-electron chi connectivity index (χ2n) is 5.69. The predicted molar refractivity (Wildman–Crippen MR) is 99.9 cm³/mol. The number of aromatic carboxylic acids is 1. The molecule has 2 N–H and O–H groups in total. The van der Waals surface area contributed by atoms with Crippen molar-refractivity contribution in [3.05, 3.63) is 60.2 Å². The third-order valence-corrected chi connectivity index (χ3v) is 4.92. The van der Waals surface area contributed by atoms with E-state index in [0.717, 1.165) is 10.6 Å². The molecule has 0 saturated carbocycles. The van der Waals surface area contributed by atoms with Gasteiger partial charge in [-0.1, -0.05) is 25.1 Å². The maximum absolute atomic E-state index is 12.7. The highest BCUT2D eigenvalue weighted by molar-refractivity contribution is 7.92. The molecule has 2 rings (SSSR count). The van der Waals surface area contributed by atoms with Crippen molar-refractivity contribution in [3.63, 3.8) is 0 Å². The Bertz CT molecular complexity index is 880. The van der Waals surface area contributed by atoms with Crippen molar-refractivity contribution >= 4 is 33.3 Å². The molecular weight excluding hydrogens is 356 g/mol. The monoisotopic (exact) mass is 376 g/mol. The van der Waals surface area contributed by atoms with E-state index in [2.05, 4.69) is 5.32 Å². The Hall–Kier alpha value is -2.87. The van der Waals surface area contributed by atoms with E-state index in [1.165, 1.54) is 24.3 Å². The maximum atomic E-state index is 12.7. The number of amides is 1. The first-order valence-electron chi connectivity index (χ1n) is 7.92. The molecule has 2 aromatic carbocycles. The highest BCUT2D eigenvalue weighted by atomic mass is 32.2. The Balaban J connectivity index is 2.29. The molecule has 0 spiro atoms. The van der Waals surface area contributed by atoms with Gasteiger partial charge in [0, 0.05) is 5.69 Å². The van der Waals surface area contributed by atoms with Gasteiger partial charge < -0.3 is 10.4 Å². The number of carbonyl (C=O) groups excluding carboxylic acids is 1. The molecule has 8 heteroatoms. The Morgan fingerprint density at radius 1 is 1.08 bits per heavy atom. The van der Waals surface area contributed by atoms with Crippen molar-refractivity contribution in [2.75, 3.05) is 15.9 Å². The first kappa shape index (κ1) is 19.5. The van der Waals surface area contributed by atoms with Crippen molar-refractivity contribution in [2.45, 2.75) is 19.4 Å². The number of carboxylic acid groups (broad SMARTS) is 1. The number of hydrogen-bond acceptors (Lipinski definition) is 4. The normalized spacial score (nSPS) is 12.2. The molecule has 0 bridgehead atoms. The topological polar surface area (TPSA) is 104 Å². The quantitative estimate of drug-likeness (QED) is 0.773. The zero-order valence-electron chi connectivity index (χ0n) is 14.4. The van der Waals surface area contributed by atoms with Crippen LogP contribution in [-0.4, -0.2) is 37.7 Å². The summed E-state index contributed by atoms with van der Waals surface area (Å²) in [6, 6.07) is 13.1. The summed E-state index contributed by atoms with van der Waals surface area (Å²) in [6.07, 6.45) is 1.32. The molecule has 26 heavy (non-hydrogen) atoms. The fourth-order valence-corrected chi connectivity index (χ4v) is 3.77. The van der Waals surface area contributed by atoms with Gasteiger partial charge in [-0.2, -0.15) is 0 Å². The van der Waals surface area contributed by atoms with Gasteiger partial charge in [0.1, 0.15) is 6.04 Å². The summed E-state index contributed by atoms with van der Waals surface area (Å²) >= 11 is 0. The molecule has 0 heterocycles. The van der Waals surface area contributed by atoms with E-state index < -0.39 is 27.9 Å². The summed E-state index contributed by atoms with van der Waals surface area (Å²) in [4.78, 5) is 23.6. The fourth-order valence-electron chi connectivity index (χ4n) is 2.56. The second kappa shape index (κ2) is 8.01. The Kier molecular flexibility index (Phi) is 5.99. The van der Waals surface area contributed by atoms with Gasteiger partial charge in [-0.25, -0.2) is 13.2 Å². The number of benzene rings is 2. The van der Waals surface area contributed by atoms with Crippen molar-refractivity contribution < 1.29 is 23.1 Å². The third-order valence-electron chi connectivity index (χ3n) is 3.74. The highest BCUT2D eigenvalue weighted by Gasteiger charge is 2.31. The zero-order valence-corrected chi connectivity index (χ0v) is 15.2. The number of hydrogen-bond donors (Lipinski definition) is 2. The van der Waals surface area contributed by atoms with Crippen LogP contribution in [-0.2, 0) is 14.8 Å². The van der Waals surface area contributed by atoms with E-state index in [0.29, 0.717) is 11.4 Å². The molecular formula is C18H20N2O5S.